The van der Waals surface area contributed by atoms with Crippen LogP contribution in [-0.2, 0) is 0 Å². The van der Waals surface area contributed by atoms with Gasteiger partial charge in [0.25, 0.3) is 5.56 Å². The fourth-order valence-corrected chi connectivity index (χ4v) is 1.89. The predicted molar refractivity (Wildman–Crippen MR) is 71.9 cm³/mol. The van der Waals surface area contributed by atoms with E-state index >= 15 is 0 Å². The van der Waals surface area contributed by atoms with Gasteiger partial charge < -0.3 is 4.42 Å². The maximum Gasteiger partial charge on any atom is 0.267 e. The van der Waals surface area contributed by atoms with Crippen molar-refractivity contribution >= 4 is 11.1 Å². The van der Waals surface area contributed by atoms with Gasteiger partial charge in [-0.05, 0) is 32.0 Å². The Hall–Kier alpha value is -2.43. The Bertz CT molecular complexity index is 753. The summed E-state index contributed by atoms with van der Waals surface area (Å²) >= 11 is 0. The molecule has 3 aromatic rings. The first-order chi connectivity index (χ1) is 9.15. The van der Waals surface area contributed by atoms with Crippen molar-refractivity contribution < 1.29 is 4.42 Å². The third kappa shape index (κ3) is 2.03. The van der Waals surface area contributed by atoms with Gasteiger partial charge in [0.15, 0.2) is 5.58 Å². The molecule has 2 heterocycles. The van der Waals surface area contributed by atoms with E-state index in [0.717, 1.165) is 5.52 Å². The van der Waals surface area contributed by atoms with E-state index < -0.39 is 0 Å². The largest absolute Gasteiger partial charge is 0.435 e. The zero-order chi connectivity index (χ0) is 13.4. The van der Waals surface area contributed by atoms with Crippen LogP contribution in [0.1, 0.15) is 19.9 Å². The van der Waals surface area contributed by atoms with E-state index in [1.54, 1.807) is 6.07 Å². The lowest BCUT2D eigenvalue weighted by Crippen LogP contribution is -2.23. The number of para-hydroxylation sites is 2. The Kier molecular flexibility index (Phi) is 2.67. The van der Waals surface area contributed by atoms with Crippen molar-refractivity contribution in [2.24, 2.45) is 0 Å². The molecule has 0 aliphatic carbocycles. The van der Waals surface area contributed by atoms with Crippen molar-refractivity contribution in [3.8, 4) is 11.6 Å². The summed E-state index contributed by atoms with van der Waals surface area (Å²) in [6, 6.07) is 10.6. The molecule has 5 nitrogen and oxygen atoms in total. The van der Waals surface area contributed by atoms with Gasteiger partial charge in [0.1, 0.15) is 11.2 Å². The molecule has 0 aliphatic rings. The SMILES string of the molecule is CC(C)n1nc(-c2nc3ccccc3o2)ccc1=O. The maximum atomic E-state index is 11.7. The fourth-order valence-electron chi connectivity index (χ4n) is 1.89. The van der Waals surface area contributed by atoms with E-state index in [-0.39, 0.29) is 11.6 Å². The molecule has 0 amide bonds. The Labute approximate surface area is 109 Å². The zero-order valence-corrected chi connectivity index (χ0v) is 10.7. The molecule has 2 aromatic heterocycles. The normalized spacial score (nSPS) is 11.3. The van der Waals surface area contributed by atoms with Gasteiger partial charge in [0.2, 0.25) is 5.89 Å². The molecule has 3 rings (SSSR count). The van der Waals surface area contributed by atoms with Crippen LogP contribution in [0.5, 0.6) is 0 Å². The molecular weight excluding hydrogens is 242 g/mol. The summed E-state index contributed by atoms with van der Waals surface area (Å²) < 4.78 is 7.06. The van der Waals surface area contributed by atoms with Crippen LogP contribution in [-0.4, -0.2) is 14.8 Å². The van der Waals surface area contributed by atoms with Gasteiger partial charge in [0, 0.05) is 6.07 Å². The topological polar surface area (TPSA) is 60.9 Å². The summed E-state index contributed by atoms with van der Waals surface area (Å²) in [5.41, 5.74) is 1.92. The second-order valence-electron chi connectivity index (χ2n) is 4.58. The average molecular weight is 255 g/mol. The lowest BCUT2D eigenvalue weighted by atomic mass is 10.3. The molecule has 0 bridgehead atoms. The Morgan fingerprint density at radius 1 is 1.16 bits per heavy atom. The van der Waals surface area contributed by atoms with E-state index in [9.17, 15) is 4.79 Å². The molecule has 0 unspecified atom stereocenters. The first kappa shape index (κ1) is 11.6. The van der Waals surface area contributed by atoms with Crippen LogP contribution in [0.4, 0.5) is 0 Å². The van der Waals surface area contributed by atoms with Gasteiger partial charge in [-0.3, -0.25) is 4.79 Å². The summed E-state index contributed by atoms with van der Waals surface area (Å²) in [5.74, 6) is 0.426. The van der Waals surface area contributed by atoms with E-state index in [0.29, 0.717) is 17.2 Å². The molecule has 0 N–H and O–H groups in total. The molecule has 5 heteroatoms. The third-order valence-corrected chi connectivity index (χ3v) is 2.83. The minimum atomic E-state index is -0.130. The van der Waals surface area contributed by atoms with E-state index in [1.165, 1.54) is 10.7 Å². The molecular formula is C14H13N3O2. The van der Waals surface area contributed by atoms with Crippen molar-refractivity contribution in [1.29, 1.82) is 0 Å². The highest BCUT2D eigenvalue weighted by molar-refractivity contribution is 5.75. The predicted octanol–water partition coefficient (Wildman–Crippen LogP) is 2.63. The van der Waals surface area contributed by atoms with Gasteiger partial charge in [-0.2, -0.15) is 5.10 Å². The second-order valence-corrected chi connectivity index (χ2v) is 4.58. The van der Waals surface area contributed by atoms with Crippen LogP contribution in [0.2, 0.25) is 0 Å². The molecule has 0 spiro atoms. The van der Waals surface area contributed by atoms with Crippen molar-refractivity contribution in [3.05, 3.63) is 46.8 Å². The highest BCUT2D eigenvalue weighted by atomic mass is 16.3. The minimum Gasteiger partial charge on any atom is -0.435 e. The standard InChI is InChI=1S/C14H13N3O2/c1-9(2)17-13(18)8-7-11(16-17)14-15-10-5-3-4-6-12(10)19-14/h3-9H,1-2H3. The van der Waals surface area contributed by atoms with Crippen molar-refractivity contribution in [2.45, 2.75) is 19.9 Å². The van der Waals surface area contributed by atoms with Gasteiger partial charge in [-0.25, -0.2) is 9.67 Å². The highest BCUT2D eigenvalue weighted by Gasteiger charge is 2.11. The molecule has 0 aliphatic heterocycles. The number of hydrogen-bond donors (Lipinski definition) is 0. The Morgan fingerprint density at radius 3 is 2.68 bits per heavy atom. The van der Waals surface area contributed by atoms with Crippen LogP contribution in [0.25, 0.3) is 22.7 Å². The first-order valence-electron chi connectivity index (χ1n) is 6.11. The Balaban J connectivity index is 2.16. The molecule has 0 saturated carbocycles. The van der Waals surface area contributed by atoms with E-state index in [2.05, 4.69) is 10.1 Å². The molecule has 96 valence electrons. The highest BCUT2D eigenvalue weighted by Crippen LogP contribution is 2.21. The zero-order valence-electron chi connectivity index (χ0n) is 10.7. The van der Waals surface area contributed by atoms with Crippen LogP contribution in [0.3, 0.4) is 0 Å². The summed E-state index contributed by atoms with van der Waals surface area (Å²) in [6.07, 6.45) is 0. The van der Waals surface area contributed by atoms with Gasteiger partial charge in [0.05, 0.1) is 6.04 Å². The minimum absolute atomic E-state index is 0.00294. The summed E-state index contributed by atoms with van der Waals surface area (Å²) in [5, 5.41) is 4.29. The summed E-state index contributed by atoms with van der Waals surface area (Å²) in [4.78, 5) is 16.0. The number of nitrogens with zero attached hydrogens (tertiary/aromatic N) is 3. The smallest absolute Gasteiger partial charge is 0.267 e. The maximum absolute atomic E-state index is 11.7. The molecule has 19 heavy (non-hydrogen) atoms. The second kappa shape index (κ2) is 4.35. The number of aromatic nitrogens is 3. The van der Waals surface area contributed by atoms with E-state index in [1.807, 2.05) is 38.1 Å². The lowest BCUT2D eigenvalue weighted by Gasteiger charge is -2.07. The average Bonchev–Trinajstić information content (AvgIpc) is 2.82. The summed E-state index contributed by atoms with van der Waals surface area (Å²) in [6.45, 7) is 3.81. The quantitative estimate of drug-likeness (QED) is 0.706. The third-order valence-electron chi connectivity index (χ3n) is 2.83. The monoisotopic (exact) mass is 255 g/mol. The summed E-state index contributed by atoms with van der Waals surface area (Å²) in [7, 11) is 0. The molecule has 0 saturated heterocycles. The number of rotatable bonds is 2. The molecule has 1 aromatic carbocycles. The van der Waals surface area contributed by atoms with Gasteiger partial charge >= 0.3 is 0 Å². The van der Waals surface area contributed by atoms with Crippen LogP contribution in [0, 0.1) is 0 Å². The van der Waals surface area contributed by atoms with Crippen LogP contribution in [0.15, 0.2) is 45.6 Å². The lowest BCUT2D eigenvalue weighted by molar-refractivity contribution is 0.500. The first-order valence-corrected chi connectivity index (χ1v) is 6.11. The molecule has 0 fully saturated rings. The van der Waals surface area contributed by atoms with E-state index in [4.69, 9.17) is 4.42 Å². The van der Waals surface area contributed by atoms with Crippen LogP contribution >= 0.6 is 0 Å². The number of oxazole rings is 1. The van der Waals surface area contributed by atoms with Crippen molar-refractivity contribution in [2.75, 3.05) is 0 Å². The van der Waals surface area contributed by atoms with Crippen molar-refractivity contribution in [3.63, 3.8) is 0 Å². The molecule has 0 radical (unpaired) electrons. The number of benzene rings is 1. The van der Waals surface area contributed by atoms with Crippen LogP contribution < -0.4 is 5.56 Å². The Morgan fingerprint density at radius 2 is 1.95 bits per heavy atom. The number of fused-ring (bicyclic) bond motifs is 1. The van der Waals surface area contributed by atoms with Gasteiger partial charge in [-0.15, -0.1) is 0 Å². The van der Waals surface area contributed by atoms with Crippen molar-refractivity contribution in [1.82, 2.24) is 14.8 Å². The van der Waals surface area contributed by atoms with Gasteiger partial charge in [-0.1, -0.05) is 12.1 Å². The fraction of sp³-hybridized carbons (Fsp3) is 0.214. The molecule has 0 atom stereocenters. The number of hydrogen-bond acceptors (Lipinski definition) is 4.